The highest BCUT2D eigenvalue weighted by Gasteiger charge is 2.23. The van der Waals surface area contributed by atoms with E-state index in [9.17, 15) is 24.4 Å². The van der Waals surface area contributed by atoms with E-state index in [1.54, 1.807) is 0 Å². The van der Waals surface area contributed by atoms with E-state index >= 15 is 0 Å². The van der Waals surface area contributed by atoms with Crippen molar-refractivity contribution >= 4 is 46.6 Å². The molecule has 2 amide bonds. The van der Waals surface area contributed by atoms with Gasteiger partial charge in [0.15, 0.2) is 17.4 Å². The fourth-order valence-corrected chi connectivity index (χ4v) is 3.91. The Labute approximate surface area is 221 Å². The quantitative estimate of drug-likeness (QED) is 0.500. The zero-order chi connectivity index (χ0) is 27.5. The number of rotatable bonds is 8. The highest BCUT2D eigenvalue weighted by molar-refractivity contribution is 6.42. The number of aromatic nitrogens is 2. The number of aliphatic imine (C=N–C) groups is 2. The largest absolute Gasteiger partial charge is 0.353 e. The van der Waals surface area contributed by atoms with Crippen LogP contribution in [0.3, 0.4) is 0 Å². The zero-order valence-electron chi connectivity index (χ0n) is 21.7. The van der Waals surface area contributed by atoms with E-state index < -0.39 is 0 Å². The van der Waals surface area contributed by atoms with Crippen LogP contribution in [0.4, 0.5) is 11.8 Å². The summed E-state index contributed by atoms with van der Waals surface area (Å²) in [6.07, 6.45) is 7.64. The minimum atomic E-state index is -0.245. The van der Waals surface area contributed by atoms with Crippen LogP contribution in [-0.2, 0) is 19.2 Å². The summed E-state index contributed by atoms with van der Waals surface area (Å²) in [6, 6.07) is 1.96. The van der Waals surface area contributed by atoms with Gasteiger partial charge >= 0.3 is 0 Å². The number of nitrogens with zero attached hydrogens (tertiary/aromatic N) is 5. The maximum absolute atomic E-state index is 12.7. The predicted molar refractivity (Wildman–Crippen MR) is 141 cm³/mol. The van der Waals surface area contributed by atoms with Crippen molar-refractivity contribution in [2.24, 2.45) is 9.98 Å². The second kappa shape index (κ2) is 13.8. The van der Waals surface area contributed by atoms with Gasteiger partial charge < -0.3 is 10.6 Å². The maximum Gasteiger partial charge on any atom is 0.251 e. The van der Waals surface area contributed by atoms with Gasteiger partial charge in [-0.25, -0.2) is 15.0 Å². The Balaban J connectivity index is 1.73. The first-order valence-electron chi connectivity index (χ1n) is 12.8. The first-order valence-corrected chi connectivity index (χ1v) is 12.8. The normalized spacial score (nSPS) is 20.1. The Morgan fingerprint density at radius 3 is 1.92 bits per heavy atom. The van der Waals surface area contributed by atoms with Crippen molar-refractivity contribution in [1.82, 2.24) is 20.6 Å². The molecule has 0 aliphatic heterocycles. The van der Waals surface area contributed by atoms with Crippen molar-refractivity contribution in [3.8, 4) is 6.07 Å². The zero-order valence-corrected chi connectivity index (χ0v) is 21.7. The molecule has 2 aliphatic rings. The third kappa shape index (κ3) is 8.09. The van der Waals surface area contributed by atoms with Gasteiger partial charge in [-0.05, 0) is 38.5 Å². The van der Waals surface area contributed by atoms with Crippen LogP contribution in [0.15, 0.2) is 39.5 Å². The molecule has 1 aromatic rings. The number of Topliss-reactive ketones (excluding diaryl/α,β-unsaturated/α-hetero) is 2. The van der Waals surface area contributed by atoms with Gasteiger partial charge in [0.2, 0.25) is 11.8 Å². The highest BCUT2D eigenvalue weighted by atomic mass is 16.2. The first-order chi connectivity index (χ1) is 18.3. The average Bonchev–Trinajstić information content (AvgIpc) is 2.89. The molecular weight excluding hydrogens is 486 g/mol. The van der Waals surface area contributed by atoms with Crippen molar-refractivity contribution in [2.75, 3.05) is 13.1 Å². The molecule has 1 heterocycles. The molecule has 2 fully saturated rings. The highest BCUT2D eigenvalue weighted by Crippen LogP contribution is 2.25. The lowest BCUT2D eigenvalue weighted by Crippen LogP contribution is -2.25. The molecule has 0 atom stereocenters. The van der Waals surface area contributed by atoms with Gasteiger partial charge in [-0.2, -0.15) is 10.2 Å². The third-order valence-corrected chi connectivity index (χ3v) is 5.91. The van der Waals surface area contributed by atoms with Gasteiger partial charge in [-0.1, -0.05) is 25.0 Å². The molecule has 3 rings (SSSR count). The molecule has 2 saturated carbocycles. The van der Waals surface area contributed by atoms with Crippen molar-refractivity contribution in [1.29, 1.82) is 5.26 Å². The van der Waals surface area contributed by atoms with E-state index in [0.717, 1.165) is 24.0 Å². The molecule has 198 valence electrons. The summed E-state index contributed by atoms with van der Waals surface area (Å²) in [5.74, 6) is -0.928. The SMILES string of the molecule is CCCNC(=O)C=C1CCC(=Nc2ncc(C#N)c(N=C3CCC(=CC(=O)NCCC)CC3=O)n2)C(=O)C1. The van der Waals surface area contributed by atoms with E-state index in [1.165, 1.54) is 18.3 Å². The van der Waals surface area contributed by atoms with Gasteiger partial charge in [0, 0.05) is 38.1 Å². The summed E-state index contributed by atoms with van der Waals surface area (Å²) < 4.78 is 0. The average molecular weight is 518 g/mol. The lowest BCUT2D eigenvalue weighted by atomic mass is 9.91. The number of allylic oxidation sites excluding steroid dienone is 2. The van der Waals surface area contributed by atoms with Crippen LogP contribution >= 0.6 is 0 Å². The summed E-state index contributed by atoms with van der Waals surface area (Å²) in [5.41, 5.74) is 2.08. The molecule has 0 bridgehead atoms. The fraction of sp³-hybridized carbons (Fsp3) is 0.444. The van der Waals surface area contributed by atoms with Crippen LogP contribution in [0.2, 0.25) is 0 Å². The number of hydrogen-bond acceptors (Lipinski definition) is 9. The molecule has 0 radical (unpaired) electrons. The number of ketones is 2. The van der Waals surface area contributed by atoms with E-state index in [0.29, 0.717) is 38.8 Å². The predicted octanol–water partition coefficient (Wildman–Crippen LogP) is 2.90. The fourth-order valence-electron chi connectivity index (χ4n) is 3.91. The minimum absolute atomic E-state index is 0.00903. The monoisotopic (exact) mass is 517 g/mol. The molecule has 2 N–H and O–H groups in total. The lowest BCUT2D eigenvalue weighted by Gasteiger charge is -2.16. The van der Waals surface area contributed by atoms with Gasteiger partial charge in [0.25, 0.3) is 5.95 Å². The van der Waals surface area contributed by atoms with Crippen molar-refractivity contribution in [2.45, 2.75) is 65.2 Å². The Morgan fingerprint density at radius 2 is 1.45 bits per heavy atom. The van der Waals surface area contributed by atoms with Gasteiger partial charge in [-0.3, -0.25) is 19.2 Å². The van der Waals surface area contributed by atoms with Gasteiger partial charge in [-0.15, -0.1) is 0 Å². The van der Waals surface area contributed by atoms with E-state index in [4.69, 9.17) is 0 Å². The number of carbonyl (C=O) groups is 4. The minimum Gasteiger partial charge on any atom is -0.353 e. The van der Waals surface area contributed by atoms with Crippen LogP contribution in [-0.4, -0.2) is 57.9 Å². The Morgan fingerprint density at radius 1 is 0.921 bits per heavy atom. The molecule has 1 aromatic heterocycles. The van der Waals surface area contributed by atoms with Crippen molar-refractivity contribution in [3.05, 3.63) is 35.1 Å². The molecule has 11 nitrogen and oxygen atoms in total. The van der Waals surface area contributed by atoms with Crippen LogP contribution in [0.1, 0.15) is 70.8 Å². The Hall–Kier alpha value is -4.33. The summed E-state index contributed by atoms with van der Waals surface area (Å²) in [4.78, 5) is 66.0. The van der Waals surface area contributed by atoms with Crippen LogP contribution in [0.5, 0.6) is 0 Å². The molecule has 11 heteroatoms. The molecule has 2 aliphatic carbocycles. The second-order valence-corrected chi connectivity index (χ2v) is 9.02. The smallest absolute Gasteiger partial charge is 0.251 e. The van der Waals surface area contributed by atoms with Gasteiger partial charge in [0.05, 0.1) is 17.6 Å². The number of amides is 2. The molecular formula is C27H31N7O4. The van der Waals surface area contributed by atoms with Crippen LogP contribution in [0.25, 0.3) is 0 Å². The number of hydrogen-bond donors (Lipinski definition) is 2. The second-order valence-electron chi connectivity index (χ2n) is 9.02. The number of nitriles is 1. The Kier molecular flexibility index (Phi) is 10.3. The van der Waals surface area contributed by atoms with Crippen LogP contribution in [0, 0.1) is 11.3 Å². The van der Waals surface area contributed by atoms with Gasteiger partial charge in [0.1, 0.15) is 11.6 Å². The molecule has 0 saturated heterocycles. The number of nitrogens with one attached hydrogen (secondary N) is 2. The number of carbonyl (C=O) groups excluding carboxylic acids is 4. The van der Waals surface area contributed by atoms with Crippen molar-refractivity contribution < 1.29 is 19.2 Å². The van der Waals surface area contributed by atoms with Crippen molar-refractivity contribution in [3.63, 3.8) is 0 Å². The summed E-state index contributed by atoms with van der Waals surface area (Å²) in [6.45, 7) is 5.06. The van der Waals surface area contributed by atoms with E-state index in [2.05, 4.69) is 30.6 Å². The first kappa shape index (κ1) is 28.2. The molecule has 0 spiro atoms. The van der Waals surface area contributed by atoms with Crippen LogP contribution < -0.4 is 10.6 Å². The third-order valence-electron chi connectivity index (χ3n) is 5.91. The molecule has 38 heavy (non-hydrogen) atoms. The summed E-state index contributed by atoms with van der Waals surface area (Å²) >= 11 is 0. The van der Waals surface area contributed by atoms with E-state index in [-0.39, 0.29) is 65.0 Å². The summed E-state index contributed by atoms with van der Waals surface area (Å²) in [5, 5.41) is 15.0. The Bertz CT molecular complexity index is 1280. The lowest BCUT2D eigenvalue weighted by molar-refractivity contribution is -0.117. The topological polar surface area (TPSA) is 167 Å². The molecule has 0 aromatic carbocycles. The molecule has 0 unspecified atom stereocenters. The maximum atomic E-state index is 12.7. The summed E-state index contributed by atoms with van der Waals surface area (Å²) in [7, 11) is 0. The standard InChI is InChI=1S/C27H31N7O4/c1-3-9-29-24(37)13-17-5-7-20(22(35)11-17)32-26-19(15-28)16-31-27(34-26)33-21-8-6-18(12-23(21)36)14-25(38)30-10-4-2/h13-14,16H,3-12H2,1-2H3,(H,29,37)(H,30,38). The van der Waals surface area contributed by atoms with E-state index in [1.807, 2.05) is 19.9 Å².